The number of para-hydroxylation sites is 1. The van der Waals surface area contributed by atoms with Crippen LogP contribution in [0.5, 0.6) is 0 Å². The molecule has 0 atom stereocenters. The highest BCUT2D eigenvalue weighted by atomic mass is 32.2. The Morgan fingerprint density at radius 3 is 2.39 bits per heavy atom. The summed E-state index contributed by atoms with van der Waals surface area (Å²) in [5.74, 6) is 0. The summed E-state index contributed by atoms with van der Waals surface area (Å²) in [4.78, 5) is 13.9. The lowest BCUT2D eigenvalue weighted by Gasteiger charge is -2.34. The van der Waals surface area contributed by atoms with Crippen LogP contribution in [0.25, 0.3) is 0 Å². The number of benzene rings is 2. The number of aryl methyl sites for hydroxylation is 1. The SMILES string of the molecule is Cc1ccc(N2C(=O)N(CC#N)c3ccccc3S2(=O)=O)cc1. The molecule has 1 aliphatic heterocycles. The van der Waals surface area contributed by atoms with Crippen molar-refractivity contribution in [2.45, 2.75) is 11.8 Å². The molecule has 0 aliphatic carbocycles. The minimum atomic E-state index is -4.02. The summed E-state index contributed by atoms with van der Waals surface area (Å²) in [6.45, 7) is 1.64. The van der Waals surface area contributed by atoms with Gasteiger partial charge in [-0.3, -0.25) is 4.90 Å². The highest BCUT2D eigenvalue weighted by molar-refractivity contribution is 7.94. The van der Waals surface area contributed by atoms with Crippen molar-refractivity contribution < 1.29 is 13.2 Å². The van der Waals surface area contributed by atoms with Gasteiger partial charge >= 0.3 is 6.03 Å². The second-order valence-corrected chi connectivity index (χ2v) is 6.85. The third-order valence-electron chi connectivity index (χ3n) is 3.58. The third kappa shape index (κ3) is 2.33. The van der Waals surface area contributed by atoms with E-state index in [1.54, 1.807) is 36.4 Å². The number of carbonyl (C=O) groups is 1. The summed E-state index contributed by atoms with van der Waals surface area (Å²) in [5.41, 5.74) is 1.42. The molecule has 0 unspecified atom stereocenters. The molecule has 23 heavy (non-hydrogen) atoms. The fourth-order valence-electron chi connectivity index (χ4n) is 2.46. The Labute approximate surface area is 134 Å². The average Bonchev–Trinajstić information content (AvgIpc) is 2.53. The summed E-state index contributed by atoms with van der Waals surface area (Å²) in [7, 11) is -4.02. The smallest absolute Gasteiger partial charge is 0.278 e. The Morgan fingerprint density at radius 1 is 1.09 bits per heavy atom. The molecule has 2 amide bonds. The number of rotatable bonds is 2. The van der Waals surface area contributed by atoms with Crippen LogP contribution < -0.4 is 9.21 Å². The predicted octanol–water partition coefficient (Wildman–Crippen LogP) is 2.65. The maximum Gasteiger partial charge on any atom is 0.344 e. The normalized spacial score (nSPS) is 15.9. The van der Waals surface area contributed by atoms with Gasteiger partial charge in [0.15, 0.2) is 0 Å². The zero-order chi connectivity index (χ0) is 16.6. The molecule has 1 aliphatic rings. The van der Waals surface area contributed by atoms with Crippen molar-refractivity contribution in [3.8, 4) is 6.07 Å². The van der Waals surface area contributed by atoms with Gasteiger partial charge in [0, 0.05) is 0 Å². The summed E-state index contributed by atoms with van der Waals surface area (Å²) >= 11 is 0. The molecule has 0 aromatic heterocycles. The molecule has 0 radical (unpaired) electrons. The number of amides is 2. The predicted molar refractivity (Wildman–Crippen MR) is 85.6 cm³/mol. The van der Waals surface area contributed by atoms with Gasteiger partial charge in [-0.05, 0) is 31.2 Å². The molecule has 2 aromatic rings. The van der Waals surface area contributed by atoms with E-state index in [1.165, 1.54) is 12.1 Å². The van der Waals surface area contributed by atoms with Crippen molar-refractivity contribution in [1.29, 1.82) is 5.26 Å². The topological polar surface area (TPSA) is 81.5 Å². The van der Waals surface area contributed by atoms with E-state index in [-0.39, 0.29) is 22.8 Å². The lowest BCUT2D eigenvalue weighted by molar-refractivity contribution is 0.254. The molecule has 3 rings (SSSR count). The number of nitriles is 1. The van der Waals surface area contributed by atoms with Gasteiger partial charge in [0.25, 0.3) is 10.0 Å². The van der Waals surface area contributed by atoms with E-state index in [4.69, 9.17) is 5.26 Å². The first-order valence-corrected chi connectivity index (χ1v) is 8.30. The molecule has 0 saturated heterocycles. The van der Waals surface area contributed by atoms with Crippen molar-refractivity contribution in [2.75, 3.05) is 15.7 Å². The van der Waals surface area contributed by atoms with Gasteiger partial charge in [0.1, 0.15) is 11.4 Å². The minimum absolute atomic E-state index is 0.00965. The molecule has 0 saturated carbocycles. The minimum Gasteiger partial charge on any atom is -0.278 e. The van der Waals surface area contributed by atoms with Crippen LogP contribution in [-0.2, 0) is 10.0 Å². The monoisotopic (exact) mass is 327 g/mol. The lowest BCUT2D eigenvalue weighted by Crippen LogP contribution is -2.51. The number of nitrogens with zero attached hydrogens (tertiary/aromatic N) is 3. The molecular weight excluding hydrogens is 314 g/mol. The number of fused-ring (bicyclic) bond motifs is 1. The van der Waals surface area contributed by atoms with Gasteiger partial charge < -0.3 is 0 Å². The van der Waals surface area contributed by atoms with Crippen molar-refractivity contribution >= 4 is 27.4 Å². The maximum atomic E-state index is 12.8. The molecule has 6 nitrogen and oxygen atoms in total. The van der Waals surface area contributed by atoms with Crippen molar-refractivity contribution in [2.24, 2.45) is 0 Å². The number of anilines is 2. The van der Waals surface area contributed by atoms with E-state index in [9.17, 15) is 13.2 Å². The van der Waals surface area contributed by atoms with Crippen LogP contribution in [0.4, 0.5) is 16.2 Å². The van der Waals surface area contributed by atoms with Crippen LogP contribution in [0.1, 0.15) is 5.56 Å². The zero-order valence-electron chi connectivity index (χ0n) is 12.3. The third-order valence-corrected chi connectivity index (χ3v) is 5.33. The summed E-state index contributed by atoms with van der Waals surface area (Å²) in [5, 5.41) is 8.97. The average molecular weight is 327 g/mol. The highest BCUT2D eigenvalue weighted by Crippen LogP contribution is 2.36. The van der Waals surface area contributed by atoms with E-state index in [0.29, 0.717) is 0 Å². The number of carbonyl (C=O) groups excluding carboxylic acids is 1. The fourth-order valence-corrected chi connectivity index (χ4v) is 4.06. The van der Waals surface area contributed by atoms with Gasteiger partial charge in [-0.2, -0.15) is 9.57 Å². The molecule has 0 spiro atoms. The van der Waals surface area contributed by atoms with Gasteiger partial charge in [-0.25, -0.2) is 13.2 Å². The number of hydrogen-bond donors (Lipinski definition) is 0. The first-order valence-electron chi connectivity index (χ1n) is 6.86. The van der Waals surface area contributed by atoms with Crippen LogP contribution in [0.2, 0.25) is 0 Å². The van der Waals surface area contributed by atoms with E-state index >= 15 is 0 Å². The van der Waals surface area contributed by atoms with Crippen LogP contribution in [0.3, 0.4) is 0 Å². The Morgan fingerprint density at radius 2 is 1.74 bits per heavy atom. The number of urea groups is 1. The maximum absolute atomic E-state index is 12.8. The Bertz CT molecular complexity index is 914. The standard InChI is InChI=1S/C16H13N3O3S/c1-12-6-8-13(9-7-12)19-16(20)18(11-10-17)14-4-2-3-5-15(14)23(19,21)22/h2-9H,11H2,1H3. The van der Waals surface area contributed by atoms with Crippen LogP contribution in [0, 0.1) is 18.3 Å². The lowest BCUT2D eigenvalue weighted by atomic mass is 10.2. The molecule has 0 fully saturated rings. The summed E-state index contributed by atoms with van der Waals surface area (Å²) < 4.78 is 26.4. The van der Waals surface area contributed by atoms with Gasteiger partial charge in [-0.1, -0.05) is 29.8 Å². The quantitative estimate of drug-likeness (QED) is 0.794. The van der Waals surface area contributed by atoms with Crippen LogP contribution >= 0.6 is 0 Å². The van der Waals surface area contributed by atoms with E-state index in [1.807, 2.05) is 13.0 Å². The van der Waals surface area contributed by atoms with Gasteiger partial charge in [0.2, 0.25) is 0 Å². The first-order chi connectivity index (χ1) is 11.0. The van der Waals surface area contributed by atoms with Crippen molar-refractivity contribution in [3.63, 3.8) is 0 Å². The van der Waals surface area contributed by atoms with E-state index in [0.717, 1.165) is 14.8 Å². The zero-order valence-corrected chi connectivity index (χ0v) is 13.1. The Balaban J connectivity index is 2.24. The van der Waals surface area contributed by atoms with E-state index in [2.05, 4.69) is 0 Å². The Hall–Kier alpha value is -2.85. The molecule has 2 aromatic carbocycles. The van der Waals surface area contributed by atoms with Crippen molar-refractivity contribution in [3.05, 3.63) is 54.1 Å². The van der Waals surface area contributed by atoms with E-state index < -0.39 is 16.1 Å². The van der Waals surface area contributed by atoms with Gasteiger partial charge in [0.05, 0.1) is 17.4 Å². The van der Waals surface area contributed by atoms with Crippen LogP contribution in [0.15, 0.2) is 53.4 Å². The van der Waals surface area contributed by atoms with Gasteiger partial charge in [-0.15, -0.1) is 0 Å². The first kappa shape index (κ1) is 15.1. The fraction of sp³-hybridized carbons (Fsp3) is 0.125. The van der Waals surface area contributed by atoms with Crippen LogP contribution in [-0.4, -0.2) is 21.0 Å². The number of sulfonamides is 1. The summed E-state index contributed by atoms with van der Waals surface area (Å²) in [6, 6.07) is 13.9. The molecular formula is C16H13N3O3S. The molecule has 116 valence electrons. The largest absolute Gasteiger partial charge is 0.344 e. The molecule has 0 N–H and O–H groups in total. The second-order valence-electron chi connectivity index (χ2n) is 5.10. The molecule has 1 heterocycles. The highest BCUT2D eigenvalue weighted by Gasteiger charge is 2.42. The Kier molecular flexibility index (Phi) is 3.54. The van der Waals surface area contributed by atoms with Crippen molar-refractivity contribution in [1.82, 2.24) is 0 Å². The number of hydrogen-bond acceptors (Lipinski definition) is 4. The second kappa shape index (κ2) is 5.41. The molecule has 0 bridgehead atoms. The molecule has 7 heteroatoms. The summed E-state index contributed by atoms with van der Waals surface area (Å²) in [6.07, 6.45) is 0.